The Hall–Kier alpha value is -3.51. The zero-order valence-corrected chi connectivity index (χ0v) is 21.0. The summed E-state index contributed by atoms with van der Waals surface area (Å²) >= 11 is 5.91. The molecule has 4 aromatic rings. The molecule has 0 saturated carbocycles. The highest BCUT2D eigenvalue weighted by Crippen LogP contribution is 2.43. The minimum atomic E-state index is -0.0739. The number of nitrogens with zero attached hydrogens (tertiary/aromatic N) is 4. The summed E-state index contributed by atoms with van der Waals surface area (Å²) in [4.78, 5) is 11.6. The molecule has 5 nitrogen and oxygen atoms in total. The summed E-state index contributed by atoms with van der Waals surface area (Å²) in [6.07, 6.45) is 3.76. The van der Waals surface area contributed by atoms with Crippen LogP contribution in [0.15, 0.2) is 67.0 Å². The molecule has 0 radical (unpaired) electrons. The van der Waals surface area contributed by atoms with Gasteiger partial charge in [0.25, 0.3) is 0 Å². The van der Waals surface area contributed by atoms with Crippen molar-refractivity contribution in [3.63, 3.8) is 0 Å². The number of thiocarbonyl (C=S) groups is 1. The zero-order valence-electron chi connectivity index (χ0n) is 20.2. The summed E-state index contributed by atoms with van der Waals surface area (Å²) in [7, 11) is 0. The Bertz CT molecular complexity index is 1360. The first kappa shape index (κ1) is 22.3. The normalized spacial score (nSPS) is 17.8. The molecule has 0 spiro atoms. The van der Waals surface area contributed by atoms with Crippen molar-refractivity contribution in [2.75, 3.05) is 4.90 Å². The molecule has 1 fully saturated rings. The van der Waals surface area contributed by atoms with Gasteiger partial charge in [0.05, 0.1) is 17.8 Å². The zero-order chi connectivity index (χ0) is 24.0. The van der Waals surface area contributed by atoms with E-state index in [9.17, 15) is 0 Å². The Morgan fingerprint density at radius 3 is 2.38 bits per heavy atom. The number of anilines is 1. The maximum atomic E-state index is 5.91. The maximum absolute atomic E-state index is 5.91. The number of aromatic nitrogens is 3. The van der Waals surface area contributed by atoms with Crippen molar-refractivity contribution in [3.05, 3.63) is 106 Å². The molecule has 1 aliphatic rings. The summed E-state index contributed by atoms with van der Waals surface area (Å²) in [5.41, 5.74) is 9.22. The Morgan fingerprint density at radius 2 is 1.71 bits per heavy atom. The highest BCUT2D eigenvalue weighted by atomic mass is 32.1. The molecule has 4 heterocycles. The van der Waals surface area contributed by atoms with E-state index in [1.54, 1.807) is 0 Å². The fourth-order valence-corrected chi connectivity index (χ4v) is 5.20. The average molecular weight is 468 g/mol. The first-order chi connectivity index (χ1) is 16.3. The van der Waals surface area contributed by atoms with Crippen molar-refractivity contribution in [2.24, 2.45) is 0 Å². The highest BCUT2D eigenvalue weighted by molar-refractivity contribution is 7.80. The lowest BCUT2D eigenvalue weighted by Crippen LogP contribution is -2.29. The monoisotopic (exact) mass is 467 g/mol. The third-order valence-corrected chi connectivity index (χ3v) is 7.10. The molecule has 5 rings (SSSR count). The van der Waals surface area contributed by atoms with Gasteiger partial charge in [-0.2, -0.15) is 0 Å². The molecule has 3 aromatic heterocycles. The molecule has 1 saturated heterocycles. The van der Waals surface area contributed by atoms with Gasteiger partial charge in [0.1, 0.15) is 5.82 Å². The largest absolute Gasteiger partial charge is 0.351 e. The maximum Gasteiger partial charge on any atom is 0.174 e. The summed E-state index contributed by atoms with van der Waals surface area (Å²) in [6.45, 7) is 10.6. The lowest BCUT2D eigenvalue weighted by molar-refractivity contribution is 0.565. The third kappa shape index (κ3) is 3.78. The lowest BCUT2D eigenvalue weighted by Gasteiger charge is -2.28. The Labute approximate surface area is 206 Å². The van der Waals surface area contributed by atoms with E-state index in [0.717, 1.165) is 34.2 Å². The topological polar surface area (TPSA) is 46.0 Å². The van der Waals surface area contributed by atoms with Crippen molar-refractivity contribution in [1.29, 1.82) is 0 Å². The number of rotatable bonds is 4. The summed E-state index contributed by atoms with van der Waals surface area (Å²) < 4.78 is 2.23. The van der Waals surface area contributed by atoms with E-state index in [0.29, 0.717) is 5.11 Å². The SMILES string of the molecule is Cc1ccc(-n2c(C)cc([C@@H]3[C@@H](c4ccccn4)NC(=S)N3c3ccc(C)c(C)c3)c2C)nc1. The molecule has 0 amide bonds. The molecule has 1 N–H and O–H groups in total. The number of hydrogen-bond donors (Lipinski definition) is 1. The molecule has 1 aliphatic heterocycles. The van der Waals surface area contributed by atoms with Gasteiger partial charge < -0.3 is 14.8 Å². The molecule has 0 bridgehead atoms. The van der Waals surface area contributed by atoms with Crippen LogP contribution in [0.4, 0.5) is 5.69 Å². The van der Waals surface area contributed by atoms with Crippen molar-refractivity contribution < 1.29 is 0 Å². The molecular weight excluding hydrogens is 438 g/mol. The van der Waals surface area contributed by atoms with Crippen molar-refractivity contribution in [3.8, 4) is 5.82 Å². The second-order valence-electron chi connectivity index (χ2n) is 9.12. The van der Waals surface area contributed by atoms with Crippen LogP contribution in [0.1, 0.15) is 51.4 Å². The molecule has 172 valence electrons. The minimum Gasteiger partial charge on any atom is -0.351 e. The molecule has 0 aliphatic carbocycles. The summed E-state index contributed by atoms with van der Waals surface area (Å²) in [6, 6.07) is 18.9. The van der Waals surface area contributed by atoms with Crippen LogP contribution in [0.5, 0.6) is 0 Å². The van der Waals surface area contributed by atoms with Crippen LogP contribution in [0.25, 0.3) is 5.82 Å². The van der Waals surface area contributed by atoms with Crippen LogP contribution < -0.4 is 10.2 Å². The van der Waals surface area contributed by atoms with Crippen molar-refractivity contribution in [1.82, 2.24) is 19.9 Å². The van der Waals surface area contributed by atoms with Gasteiger partial charge in [0, 0.05) is 29.5 Å². The predicted molar refractivity (Wildman–Crippen MR) is 142 cm³/mol. The number of aryl methyl sites for hydroxylation is 4. The second kappa shape index (κ2) is 8.69. The quantitative estimate of drug-likeness (QED) is 0.374. The first-order valence-electron chi connectivity index (χ1n) is 11.5. The van der Waals surface area contributed by atoms with Crippen LogP contribution in [-0.4, -0.2) is 19.6 Å². The molecular formula is C28H29N5S. The Morgan fingerprint density at radius 1 is 0.882 bits per heavy atom. The fourth-order valence-electron chi connectivity index (χ4n) is 4.86. The van der Waals surface area contributed by atoms with E-state index in [-0.39, 0.29) is 12.1 Å². The van der Waals surface area contributed by atoms with E-state index in [2.05, 4.69) is 96.9 Å². The van der Waals surface area contributed by atoms with Gasteiger partial charge in [-0.15, -0.1) is 0 Å². The molecule has 0 unspecified atom stereocenters. The van der Waals surface area contributed by atoms with Gasteiger partial charge in [-0.3, -0.25) is 4.98 Å². The summed E-state index contributed by atoms with van der Waals surface area (Å²) in [5.74, 6) is 0.924. The standard InChI is InChI=1S/C28H29N5S/c1-17-9-12-25(30-16-17)32-20(4)15-23(21(32)5)27-26(24-8-6-7-13-29-24)31-28(34)33(27)22-11-10-18(2)19(3)14-22/h6-16,26-27H,1-5H3,(H,31,34)/t26-,27-/m1/s1. The Kier molecular flexibility index (Phi) is 5.70. The van der Waals surface area contributed by atoms with Crippen molar-refractivity contribution in [2.45, 2.75) is 46.7 Å². The fraction of sp³-hybridized carbons (Fsp3) is 0.250. The smallest absolute Gasteiger partial charge is 0.174 e. The van der Waals surface area contributed by atoms with Crippen molar-refractivity contribution >= 4 is 23.0 Å². The number of pyridine rings is 2. The van der Waals surface area contributed by atoms with Gasteiger partial charge in [-0.25, -0.2) is 4.98 Å². The van der Waals surface area contributed by atoms with E-state index in [1.807, 2.05) is 24.5 Å². The highest BCUT2D eigenvalue weighted by Gasteiger charge is 2.42. The van der Waals surface area contributed by atoms with E-state index < -0.39 is 0 Å². The van der Waals surface area contributed by atoms with Crippen LogP contribution in [0.2, 0.25) is 0 Å². The van der Waals surface area contributed by atoms with Crippen LogP contribution in [-0.2, 0) is 0 Å². The number of benzene rings is 1. The molecule has 34 heavy (non-hydrogen) atoms. The molecule has 1 aromatic carbocycles. The number of nitrogens with one attached hydrogen (secondary N) is 1. The molecule has 2 atom stereocenters. The lowest BCUT2D eigenvalue weighted by atomic mass is 9.96. The Balaban J connectivity index is 1.68. The first-order valence-corrected chi connectivity index (χ1v) is 12.0. The molecule has 6 heteroatoms. The second-order valence-corrected chi connectivity index (χ2v) is 9.51. The van der Waals surface area contributed by atoms with E-state index in [1.165, 1.54) is 16.7 Å². The van der Waals surface area contributed by atoms with Crippen LogP contribution in [0, 0.1) is 34.6 Å². The van der Waals surface area contributed by atoms with E-state index >= 15 is 0 Å². The van der Waals surface area contributed by atoms with Gasteiger partial charge in [0.15, 0.2) is 5.11 Å². The number of hydrogen-bond acceptors (Lipinski definition) is 3. The van der Waals surface area contributed by atoms with Gasteiger partial charge >= 0.3 is 0 Å². The van der Waals surface area contributed by atoms with E-state index in [4.69, 9.17) is 17.2 Å². The average Bonchev–Trinajstić information content (AvgIpc) is 3.32. The van der Waals surface area contributed by atoms with Gasteiger partial charge in [-0.1, -0.05) is 18.2 Å². The minimum absolute atomic E-state index is 0.0464. The van der Waals surface area contributed by atoms with Crippen LogP contribution >= 0.6 is 12.2 Å². The van der Waals surface area contributed by atoms with Crippen LogP contribution in [0.3, 0.4) is 0 Å². The third-order valence-electron chi connectivity index (χ3n) is 6.78. The predicted octanol–water partition coefficient (Wildman–Crippen LogP) is 5.99. The van der Waals surface area contributed by atoms with Gasteiger partial charge in [0.2, 0.25) is 0 Å². The van der Waals surface area contributed by atoms with Gasteiger partial charge in [-0.05, 0) is 105 Å². The summed E-state index contributed by atoms with van der Waals surface area (Å²) in [5, 5.41) is 4.28.